The van der Waals surface area contributed by atoms with E-state index in [0.29, 0.717) is 5.56 Å². The summed E-state index contributed by atoms with van der Waals surface area (Å²) in [5.41, 5.74) is -0.182. The minimum Gasteiger partial charge on any atom is -0.314 e. The summed E-state index contributed by atoms with van der Waals surface area (Å²) >= 11 is 0. The summed E-state index contributed by atoms with van der Waals surface area (Å²) in [5.74, 6) is -0.0842. The van der Waals surface area contributed by atoms with E-state index in [1.807, 2.05) is 6.92 Å². The number of pyridine rings is 1. The number of alkyl halides is 3. The molecule has 1 aromatic rings. The van der Waals surface area contributed by atoms with Crippen molar-refractivity contribution in [2.75, 3.05) is 6.54 Å². The van der Waals surface area contributed by atoms with Crippen LogP contribution >= 0.6 is 0 Å². The van der Waals surface area contributed by atoms with Crippen molar-refractivity contribution in [1.29, 1.82) is 0 Å². The van der Waals surface area contributed by atoms with Crippen molar-refractivity contribution in [3.05, 3.63) is 29.6 Å². The molecule has 0 amide bonds. The lowest BCUT2D eigenvalue weighted by Gasteiger charge is -2.33. The van der Waals surface area contributed by atoms with E-state index in [1.165, 1.54) is 12.4 Å². The maximum Gasteiger partial charge on any atom is 0.416 e. The van der Waals surface area contributed by atoms with Crippen LogP contribution in [-0.4, -0.2) is 17.6 Å². The summed E-state index contributed by atoms with van der Waals surface area (Å²) in [6, 6.07) is 1.22. The standard InChI is InChI=1S/C14H19F3N2/c1-2-19-13-6-4-3-5-10(13)11-9-18-8-7-12(11)14(15,16)17/h7-10,13,19H,2-6H2,1H3. The Morgan fingerprint density at radius 3 is 2.74 bits per heavy atom. The first-order valence-corrected chi connectivity index (χ1v) is 6.78. The van der Waals surface area contributed by atoms with E-state index in [9.17, 15) is 13.2 Å². The molecule has 5 heteroatoms. The van der Waals surface area contributed by atoms with Gasteiger partial charge in [0, 0.05) is 24.4 Å². The molecule has 19 heavy (non-hydrogen) atoms. The number of likely N-dealkylation sites (N-methyl/N-ethyl adjacent to an activating group) is 1. The Kier molecular flexibility index (Phi) is 4.45. The molecule has 0 aromatic carbocycles. The molecule has 0 spiro atoms. The zero-order chi connectivity index (χ0) is 13.9. The first kappa shape index (κ1) is 14.3. The van der Waals surface area contributed by atoms with Gasteiger partial charge in [-0.05, 0) is 31.0 Å². The highest BCUT2D eigenvalue weighted by molar-refractivity contribution is 5.31. The second-order valence-corrected chi connectivity index (χ2v) is 5.02. The molecule has 1 aliphatic carbocycles. The van der Waals surface area contributed by atoms with Crippen LogP contribution in [0.4, 0.5) is 13.2 Å². The Bertz CT molecular complexity index is 415. The number of halogens is 3. The van der Waals surface area contributed by atoms with Gasteiger partial charge in [-0.2, -0.15) is 13.2 Å². The summed E-state index contributed by atoms with van der Waals surface area (Å²) in [6.45, 7) is 2.77. The minimum atomic E-state index is -4.30. The largest absolute Gasteiger partial charge is 0.416 e. The maximum absolute atomic E-state index is 13.1. The average Bonchev–Trinajstić information content (AvgIpc) is 2.39. The third-order valence-electron chi connectivity index (χ3n) is 3.79. The van der Waals surface area contributed by atoms with Gasteiger partial charge in [-0.15, -0.1) is 0 Å². The number of aromatic nitrogens is 1. The highest BCUT2D eigenvalue weighted by Crippen LogP contribution is 2.40. The molecule has 1 saturated carbocycles. The second-order valence-electron chi connectivity index (χ2n) is 5.02. The highest BCUT2D eigenvalue weighted by Gasteiger charge is 2.37. The van der Waals surface area contributed by atoms with Crippen molar-refractivity contribution in [3.63, 3.8) is 0 Å². The summed E-state index contributed by atoms with van der Waals surface area (Å²) in [7, 11) is 0. The Morgan fingerprint density at radius 1 is 1.32 bits per heavy atom. The molecule has 106 valence electrons. The van der Waals surface area contributed by atoms with E-state index >= 15 is 0 Å². The topological polar surface area (TPSA) is 24.9 Å². The zero-order valence-electron chi connectivity index (χ0n) is 11.0. The third kappa shape index (κ3) is 3.26. The molecule has 2 unspecified atom stereocenters. The van der Waals surface area contributed by atoms with Gasteiger partial charge in [0.25, 0.3) is 0 Å². The van der Waals surface area contributed by atoms with Crippen molar-refractivity contribution in [1.82, 2.24) is 10.3 Å². The maximum atomic E-state index is 13.1. The third-order valence-corrected chi connectivity index (χ3v) is 3.79. The molecule has 1 heterocycles. The van der Waals surface area contributed by atoms with E-state index in [1.54, 1.807) is 0 Å². The lowest BCUT2D eigenvalue weighted by atomic mass is 9.79. The molecule has 0 bridgehead atoms. The number of nitrogens with zero attached hydrogens (tertiary/aromatic N) is 1. The Balaban J connectivity index is 2.33. The van der Waals surface area contributed by atoms with Crippen molar-refractivity contribution in [3.8, 4) is 0 Å². The Morgan fingerprint density at radius 2 is 2.05 bits per heavy atom. The van der Waals surface area contributed by atoms with Crippen molar-refractivity contribution >= 4 is 0 Å². The van der Waals surface area contributed by atoms with Crippen LogP contribution in [0, 0.1) is 0 Å². The Labute approximate surface area is 111 Å². The molecule has 2 nitrogen and oxygen atoms in total. The number of rotatable bonds is 3. The molecular weight excluding hydrogens is 253 g/mol. The predicted molar refractivity (Wildman–Crippen MR) is 67.9 cm³/mol. The molecule has 2 atom stereocenters. The van der Waals surface area contributed by atoms with E-state index in [2.05, 4.69) is 10.3 Å². The molecule has 2 rings (SSSR count). The van der Waals surface area contributed by atoms with Crippen LogP contribution < -0.4 is 5.32 Å². The predicted octanol–water partition coefficient (Wildman–Crippen LogP) is 3.74. The molecule has 1 aliphatic rings. The Hall–Kier alpha value is -1.10. The van der Waals surface area contributed by atoms with Crippen LogP contribution in [0.2, 0.25) is 0 Å². The highest BCUT2D eigenvalue weighted by atomic mass is 19.4. The van der Waals surface area contributed by atoms with E-state index in [4.69, 9.17) is 0 Å². The number of nitrogens with one attached hydrogen (secondary N) is 1. The smallest absolute Gasteiger partial charge is 0.314 e. The van der Waals surface area contributed by atoms with E-state index in [0.717, 1.165) is 38.3 Å². The van der Waals surface area contributed by atoms with Crippen LogP contribution in [0.15, 0.2) is 18.5 Å². The molecule has 1 fully saturated rings. The molecular formula is C14H19F3N2. The van der Waals surface area contributed by atoms with Crippen LogP contribution in [-0.2, 0) is 6.18 Å². The van der Waals surface area contributed by atoms with Crippen LogP contribution in [0.3, 0.4) is 0 Å². The van der Waals surface area contributed by atoms with Gasteiger partial charge in [-0.25, -0.2) is 0 Å². The second kappa shape index (κ2) is 5.90. The molecule has 1 N–H and O–H groups in total. The fraction of sp³-hybridized carbons (Fsp3) is 0.643. The lowest BCUT2D eigenvalue weighted by molar-refractivity contribution is -0.138. The van der Waals surface area contributed by atoms with E-state index in [-0.39, 0.29) is 12.0 Å². The zero-order valence-corrected chi connectivity index (χ0v) is 11.0. The first-order valence-electron chi connectivity index (χ1n) is 6.78. The van der Waals surface area contributed by atoms with Gasteiger partial charge in [-0.3, -0.25) is 4.98 Å². The molecule has 0 radical (unpaired) electrons. The molecule has 1 aromatic heterocycles. The van der Waals surface area contributed by atoms with Gasteiger partial charge in [0.05, 0.1) is 5.56 Å². The average molecular weight is 272 g/mol. The summed E-state index contributed by atoms with van der Waals surface area (Å²) < 4.78 is 39.2. The van der Waals surface area contributed by atoms with Crippen LogP contribution in [0.5, 0.6) is 0 Å². The lowest BCUT2D eigenvalue weighted by Crippen LogP contribution is -2.37. The van der Waals surface area contributed by atoms with Gasteiger partial charge in [0.15, 0.2) is 0 Å². The van der Waals surface area contributed by atoms with Crippen molar-refractivity contribution in [2.45, 2.75) is 50.7 Å². The SMILES string of the molecule is CCNC1CCCCC1c1cnccc1C(F)(F)F. The van der Waals surface area contributed by atoms with Crippen molar-refractivity contribution < 1.29 is 13.2 Å². The van der Waals surface area contributed by atoms with Gasteiger partial charge in [0.1, 0.15) is 0 Å². The summed E-state index contributed by atoms with van der Waals surface area (Å²) in [6.07, 6.45) is 2.11. The summed E-state index contributed by atoms with van der Waals surface area (Å²) in [5, 5.41) is 3.32. The van der Waals surface area contributed by atoms with Gasteiger partial charge in [0.2, 0.25) is 0 Å². The first-order chi connectivity index (χ1) is 9.04. The van der Waals surface area contributed by atoms with Crippen LogP contribution in [0.1, 0.15) is 49.7 Å². The fourth-order valence-electron chi connectivity index (χ4n) is 2.97. The number of hydrogen-bond donors (Lipinski definition) is 1. The minimum absolute atomic E-state index is 0.0842. The fourth-order valence-corrected chi connectivity index (χ4v) is 2.97. The van der Waals surface area contributed by atoms with Gasteiger partial charge in [-0.1, -0.05) is 19.8 Å². The normalized spacial score (nSPS) is 24.4. The molecule has 0 aliphatic heterocycles. The van der Waals surface area contributed by atoms with Gasteiger partial charge >= 0.3 is 6.18 Å². The molecule has 0 saturated heterocycles. The van der Waals surface area contributed by atoms with Crippen LogP contribution in [0.25, 0.3) is 0 Å². The van der Waals surface area contributed by atoms with Crippen molar-refractivity contribution in [2.24, 2.45) is 0 Å². The van der Waals surface area contributed by atoms with E-state index < -0.39 is 11.7 Å². The number of hydrogen-bond acceptors (Lipinski definition) is 2. The monoisotopic (exact) mass is 272 g/mol. The quantitative estimate of drug-likeness (QED) is 0.906. The van der Waals surface area contributed by atoms with Gasteiger partial charge < -0.3 is 5.32 Å². The summed E-state index contributed by atoms with van der Waals surface area (Å²) in [4.78, 5) is 3.90.